The van der Waals surface area contributed by atoms with Gasteiger partial charge in [-0.15, -0.1) is 0 Å². The Bertz CT molecular complexity index is 2580. The average Bonchev–Trinajstić information content (AvgIpc) is 3.27. The van der Waals surface area contributed by atoms with Gasteiger partial charge < -0.3 is 40.9 Å². The van der Waals surface area contributed by atoms with E-state index >= 15 is 0 Å². The van der Waals surface area contributed by atoms with Crippen LogP contribution >= 0.6 is 0 Å². The zero-order chi connectivity index (χ0) is 45.5. The minimum Gasteiger partial charge on any atom is -0.508 e. The maximum atomic E-state index is 10.0. The summed E-state index contributed by atoms with van der Waals surface area (Å²) in [5, 5.41) is 80.3. The Kier molecular flexibility index (Phi) is 12.3. The van der Waals surface area contributed by atoms with Crippen molar-refractivity contribution in [2.75, 3.05) is 0 Å². The number of phenols is 8. The first-order valence-corrected chi connectivity index (χ1v) is 20.6. The molecule has 0 amide bonds. The molecule has 8 heteroatoms. The van der Waals surface area contributed by atoms with Crippen LogP contribution in [0.4, 0.5) is 0 Å². The number of phenolic OH excluding ortho intramolecular Hbond substituents is 8. The Morgan fingerprint density at radius 2 is 0.354 bits per heavy atom. The molecule has 0 atom stereocenters. The first-order chi connectivity index (χ1) is 31.4. The number of aromatic hydroxyl groups is 8. The predicted octanol–water partition coefficient (Wildman–Crippen LogP) is 12.4. The second-order valence-electron chi connectivity index (χ2n) is 15.7. The average molecular weight is 857 g/mol. The van der Waals surface area contributed by atoms with Gasteiger partial charge in [-0.1, -0.05) is 146 Å². The molecule has 8 nitrogen and oxygen atoms in total. The van der Waals surface area contributed by atoms with Gasteiger partial charge >= 0.3 is 0 Å². The quantitative estimate of drug-likeness (QED) is 0.0445. The van der Waals surface area contributed by atoms with Crippen molar-refractivity contribution >= 4 is 48.6 Å². The van der Waals surface area contributed by atoms with Gasteiger partial charge in [0.1, 0.15) is 46.0 Å². The molecule has 0 unspecified atom stereocenters. The van der Waals surface area contributed by atoms with Gasteiger partial charge in [0.15, 0.2) is 0 Å². The first kappa shape index (κ1) is 42.8. The van der Waals surface area contributed by atoms with Crippen LogP contribution in [0.15, 0.2) is 170 Å². The van der Waals surface area contributed by atoms with E-state index in [2.05, 4.69) is 48.5 Å². The third kappa shape index (κ3) is 10.3. The van der Waals surface area contributed by atoms with Crippen molar-refractivity contribution in [1.82, 2.24) is 0 Å². The van der Waals surface area contributed by atoms with E-state index in [0.29, 0.717) is 22.3 Å². The fourth-order valence-electron chi connectivity index (χ4n) is 8.00. The van der Waals surface area contributed by atoms with Crippen LogP contribution < -0.4 is 0 Å². The Labute approximate surface area is 376 Å². The normalized spacial score (nSPS) is 11.9. The fourth-order valence-corrected chi connectivity index (χ4v) is 8.00. The van der Waals surface area contributed by atoms with Crippen LogP contribution in [0.25, 0.3) is 48.6 Å². The lowest BCUT2D eigenvalue weighted by Crippen LogP contribution is -2.31. The molecule has 0 aliphatic heterocycles. The summed E-state index contributed by atoms with van der Waals surface area (Å²) in [6, 6.07) is 50.6. The van der Waals surface area contributed by atoms with E-state index in [1.54, 1.807) is 48.5 Å². The molecule has 65 heavy (non-hydrogen) atoms. The monoisotopic (exact) mass is 856 g/mol. The molecule has 0 heterocycles. The largest absolute Gasteiger partial charge is 0.508 e. The maximum absolute atomic E-state index is 10.0. The molecular weight excluding hydrogens is 813 g/mol. The van der Waals surface area contributed by atoms with Gasteiger partial charge in [0.2, 0.25) is 0 Å². The van der Waals surface area contributed by atoms with Crippen molar-refractivity contribution in [2.24, 2.45) is 0 Å². The molecule has 8 rings (SSSR count). The highest BCUT2D eigenvalue weighted by Crippen LogP contribution is 2.46. The number of benzene rings is 8. The highest BCUT2D eigenvalue weighted by atomic mass is 16.3. The molecule has 0 aliphatic rings. The number of hydrogen-bond acceptors (Lipinski definition) is 8. The van der Waals surface area contributed by atoms with Gasteiger partial charge in [-0.25, -0.2) is 0 Å². The van der Waals surface area contributed by atoms with Gasteiger partial charge in [-0.05, 0) is 115 Å². The zero-order valence-corrected chi connectivity index (χ0v) is 34.9. The molecular formula is C57H44O8. The third-order valence-corrected chi connectivity index (χ3v) is 10.9. The SMILES string of the molecule is Oc1cc(O)cc(/C=C/c2ccc(C(c3ccc(/C=C/c4cc(O)cc(O)c4)cc3)(c3ccc(/C=C/c4cc(O)cc(O)c4)cc3)c3ccc(/C=C/c4cc(O)cc(O)c4)cc3)cc2)c1. The second kappa shape index (κ2) is 18.6. The van der Waals surface area contributed by atoms with Crippen molar-refractivity contribution in [3.63, 3.8) is 0 Å². The maximum Gasteiger partial charge on any atom is 0.119 e. The zero-order valence-electron chi connectivity index (χ0n) is 34.9. The molecule has 0 aliphatic carbocycles. The van der Waals surface area contributed by atoms with Gasteiger partial charge in [-0.3, -0.25) is 0 Å². The summed E-state index contributed by atoms with van der Waals surface area (Å²) in [6.45, 7) is 0. The topological polar surface area (TPSA) is 162 Å². The van der Waals surface area contributed by atoms with Crippen LogP contribution in [0, 0.1) is 0 Å². The first-order valence-electron chi connectivity index (χ1n) is 20.6. The summed E-state index contributed by atoms with van der Waals surface area (Å²) < 4.78 is 0. The van der Waals surface area contributed by atoms with E-state index in [9.17, 15) is 40.9 Å². The van der Waals surface area contributed by atoms with E-state index in [0.717, 1.165) is 44.5 Å². The lowest BCUT2D eigenvalue weighted by molar-refractivity contribution is 0.449. The summed E-state index contributed by atoms with van der Waals surface area (Å²) >= 11 is 0. The number of hydrogen-bond donors (Lipinski definition) is 8. The van der Waals surface area contributed by atoms with Crippen molar-refractivity contribution in [3.8, 4) is 46.0 Å². The van der Waals surface area contributed by atoms with Crippen LogP contribution in [-0.4, -0.2) is 40.9 Å². The fraction of sp³-hybridized carbons (Fsp3) is 0.0175. The van der Waals surface area contributed by atoms with Crippen molar-refractivity contribution in [3.05, 3.63) is 237 Å². The Morgan fingerprint density at radius 1 is 0.200 bits per heavy atom. The Morgan fingerprint density at radius 3 is 0.523 bits per heavy atom. The second-order valence-corrected chi connectivity index (χ2v) is 15.7. The molecule has 0 fully saturated rings. The summed E-state index contributed by atoms with van der Waals surface area (Å²) in [6.07, 6.45) is 14.9. The molecule has 0 saturated carbocycles. The Balaban J connectivity index is 1.25. The summed E-state index contributed by atoms with van der Waals surface area (Å²) in [7, 11) is 0. The molecule has 0 aromatic heterocycles. The van der Waals surface area contributed by atoms with Crippen molar-refractivity contribution < 1.29 is 40.9 Å². The lowest BCUT2D eigenvalue weighted by atomic mass is 9.64. The standard InChI is InChI=1S/C57H44O8/c58-49-25-41(26-50(59)33-49)5-1-37-9-17-45(18-10-37)57(46-19-11-38(12-20-46)2-6-42-27-51(60)34-52(61)28-42,47-21-13-39(14-22-47)3-7-43-29-53(62)35-54(63)30-43)48-23-15-40(16-24-48)4-8-44-31-55(64)36-56(65)32-44/h1-36,58-65H/b5-1+,6-2+,7-3+,8-4+. The van der Waals surface area contributed by atoms with Gasteiger partial charge in [0.25, 0.3) is 0 Å². The molecule has 8 aromatic carbocycles. The van der Waals surface area contributed by atoms with Gasteiger partial charge in [0, 0.05) is 24.3 Å². The third-order valence-electron chi connectivity index (χ3n) is 10.9. The number of rotatable bonds is 12. The van der Waals surface area contributed by atoms with Crippen LogP contribution in [0.1, 0.15) is 66.8 Å². The smallest absolute Gasteiger partial charge is 0.119 e. The van der Waals surface area contributed by atoms with E-state index < -0.39 is 5.41 Å². The van der Waals surface area contributed by atoms with Gasteiger partial charge in [-0.2, -0.15) is 0 Å². The van der Waals surface area contributed by atoms with Crippen molar-refractivity contribution in [1.29, 1.82) is 0 Å². The van der Waals surface area contributed by atoms with E-state index in [1.807, 2.05) is 97.1 Å². The van der Waals surface area contributed by atoms with E-state index in [4.69, 9.17) is 0 Å². The van der Waals surface area contributed by atoms with Gasteiger partial charge in [0.05, 0.1) is 5.41 Å². The molecule has 8 N–H and O–H groups in total. The molecule has 0 spiro atoms. The summed E-state index contributed by atoms with van der Waals surface area (Å²) in [5.74, 6) is -0.294. The highest BCUT2D eigenvalue weighted by Gasteiger charge is 2.38. The van der Waals surface area contributed by atoms with Crippen LogP contribution in [-0.2, 0) is 5.41 Å². The van der Waals surface area contributed by atoms with Crippen LogP contribution in [0.2, 0.25) is 0 Å². The van der Waals surface area contributed by atoms with E-state index in [-0.39, 0.29) is 46.0 Å². The van der Waals surface area contributed by atoms with Crippen LogP contribution in [0.3, 0.4) is 0 Å². The Hall–Kier alpha value is -8.88. The molecule has 0 radical (unpaired) electrons. The predicted molar refractivity (Wildman–Crippen MR) is 260 cm³/mol. The molecule has 320 valence electrons. The minimum absolute atomic E-state index is 0.0368. The minimum atomic E-state index is -0.892. The summed E-state index contributed by atoms with van der Waals surface area (Å²) in [4.78, 5) is 0. The molecule has 8 aromatic rings. The van der Waals surface area contributed by atoms with Crippen molar-refractivity contribution in [2.45, 2.75) is 5.41 Å². The van der Waals surface area contributed by atoms with Crippen LogP contribution in [0.5, 0.6) is 46.0 Å². The molecule has 0 saturated heterocycles. The van der Waals surface area contributed by atoms with E-state index in [1.165, 1.54) is 24.3 Å². The lowest BCUT2D eigenvalue weighted by Gasteiger charge is -2.37. The summed E-state index contributed by atoms with van der Waals surface area (Å²) in [5.41, 5.74) is 9.06. The molecule has 0 bridgehead atoms. The highest BCUT2D eigenvalue weighted by molar-refractivity contribution is 5.76.